The standard InChI is InChI=1S/C27H37N3O6S2/c1-2-7-24-26-25(12-14-29(26)37(32,33)19-6-5-13-28-15-17-36-18-16-28)30(27(24)31)38(34,35)23-11-10-21-8-3-4-9-22(21)20-23/h3-4,8-11,20,24-26H,2,5-7,12-19H2,1H3/t24-,25+,26-/m1/s1. The van der Waals surface area contributed by atoms with Gasteiger partial charge in [0.05, 0.1) is 41.9 Å². The SMILES string of the molecule is CCC[C@H]1C(=O)N(S(=O)(=O)c2ccc3ccccc3c2)[C@H]2CCN(S(=O)(=O)CCCCN3CCOCC3)[C@H]12. The van der Waals surface area contributed by atoms with E-state index >= 15 is 0 Å². The van der Waals surface area contributed by atoms with Gasteiger partial charge in [0, 0.05) is 19.6 Å². The van der Waals surface area contributed by atoms with E-state index in [1.54, 1.807) is 12.1 Å². The van der Waals surface area contributed by atoms with Gasteiger partial charge in [-0.15, -0.1) is 0 Å². The topological polar surface area (TPSA) is 104 Å². The normalized spacial score (nSPS) is 25.3. The molecular weight excluding hydrogens is 526 g/mol. The molecule has 0 spiro atoms. The van der Waals surface area contributed by atoms with E-state index in [-0.39, 0.29) is 17.2 Å². The third-order valence-corrected chi connectivity index (χ3v) is 11.8. The Labute approximate surface area is 225 Å². The summed E-state index contributed by atoms with van der Waals surface area (Å²) in [4.78, 5) is 16.0. The van der Waals surface area contributed by atoms with Gasteiger partial charge in [0.2, 0.25) is 15.9 Å². The van der Waals surface area contributed by atoms with Crippen LogP contribution in [0.3, 0.4) is 0 Å². The number of amides is 1. The second-order valence-electron chi connectivity index (χ2n) is 10.5. The number of hydrogen-bond donors (Lipinski definition) is 0. The van der Waals surface area contributed by atoms with Crippen molar-refractivity contribution in [2.24, 2.45) is 5.92 Å². The van der Waals surface area contributed by atoms with E-state index in [1.165, 1.54) is 10.4 Å². The molecule has 9 nitrogen and oxygen atoms in total. The Bertz CT molecular complexity index is 1370. The highest BCUT2D eigenvalue weighted by molar-refractivity contribution is 7.90. The highest BCUT2D eigenvalue weighted by atomic mass is 32.2. The number of rotatable bonds is 10. The molecule has 3 atom stereocenters. The van der Waals surface area contributed by atoms with Gasteiger partial charge in [-0.3, -0.25) is 9.69 Å². The number of carbonyl (C=O) groups excluding carboxylic acids is 1. The summed E-state index contributed by atoms with van der Waals surface area (Å²) in [6, 6.07) is 11.0. The average Bonchev–Trinajstić information content (AvgIpc) is 3.45. The number of carbonyl (C=O) groups is 1. The Morgan fingerprint density at radius 1 is 0.947 bits per heavy atom. The summed E-state index contributed by atoms with van der Waals surface area (Å²) in [6.45, 7) is 6.15. The molecule has 3 fully saturated rings. The van der Waals surface area contributed by atoms with Crippen molar-refractivity contribution in [1.82, 2.24) is 13.5 Å². The van der Waals surface area contributed by atoms with Crippen LogP contribution in [0.25, 0.3) is 10.8 Å². The molecule has 38 heavy (non-hydrogen) atoms. The smallest absolute Gasteiger partial charge is 0.266 e. The molecule has 1 amide bonds. The minimum Gasteiger partial charge on any atom is -0.379 e. The van der Waals surface area contributed by atoms with Gasteiger partial charge >= 0.3 is 0 Å². The molecule has 2 aromatic rings. The van der Waals surface area contributed by atoms with E-state index in [0.29, 0.717) is 38.9 Å². The lowest BCUT2D eigenvalue weighted by Gasteiger charge is -2.28. The first-order chi connectivity index (χ1) is 18.2. The molecule has 3 aliphatic heterocycles. The molecule has 3 heterocycles. The summed E-state index contributed by atoms with van der Waals surface area (Å²) in [6.07, 6.45) is 2.72. The molecule has 5 rings (SSSR count). The molecule has 0 aromatic heterocycles. The van der Waals surface area contributed by atoms with E-state index < -0.39 is 44.0 Å². The fourth-order valence-corrected chi connectivity index (χ4v) is 9.75. The molecule has 3 aliphatic rings. The summed E-state index contributed by atoms with van der Waals surface area (Å²) in [7, 11) is -7.78. The van der Waals surface area contributed by atoms with Gasteiger partial charge in [-0.25, -0.2) is 21.1 Å². The third-order valence-electron chi connectivity index (χ3n) is 8.08. The van der Waals surface area contributed by atoms with Crippen molar-refractivity contribution in [3.05, 3.63) is 42.5 Å². The number of benzene rings is 2. The van der Waals surface area contributed by atoms with Gasteiger partial charge in [-0.2, -0.15) is 4.31 Å². The highest BCUT2D eigenvalue weighted by Gasteiger charge is 2.59. The van der Waals surface area contributed by atoms with Crippen LogP contribution in [0.4, 0.5) is 0 Å². The number of sulfonamides is 2. The van der Waals surface area contributed by atoms with Gasteiger partial charge in [-0.05, 0) is 55.1 Å². The van der Waals surface area contributed by atoms with Crippen molar-refractivity contribution >= 4 is 36.7 Å². The fourth-order valence-electron chi connectivity index (χ4n) is 6.20. The fraction of sp³-hybridized carbons (Fsp3) is 0.593. The molecule has 208 valence electrons. The van der Waals surface area contributed by atoms with Gasteiger partial charge in [0.25, 0.3) is 10.0 Å². The molecule has 0 aliphatic carbocycles. The molecule has 11 heteroatoms. The van der Waals surface area contributed by atoms with Crippen LogP contribution in [0.2, 0.25) is 0 Å². The van der Waals surface area contributed by atoms with Crippen LogP contribution in [-0.2, 0) is 29.6 Å². The molecule has 0 radical (unpaired) electrons. The van der Waals surface area contributed by atoms with Crippen LogP contribution in [0.15, 0.2) is 47.4 Å². The van der Waals surface area contributed by atoms with Crippen molar-refractivity contribution in [3.8, 4) is 0 Å². The molecule has 0 saturated carbocycles. The van der Waals surface area contributed by atoms with Gasteiger partial charge in [-0.1, -0.05) is 43.7 Å². The maximum atomic E-state index is 13.8. The van der Waals surface area contributed by atoms with Gasteiger partial charge in [0.15, 0.2) is 0 Å². The maximum Gasteiger partial charge on any atom is 0.266 e. The Kier molecular flexibility index (Phi) is 8.12. The first-order valence-electron chi connectivity index (χ1n) is 13.6. The van der Waals surface area contributed by atoms with E-state index in [2.05, 4.69) is 4.90 Å². The summed E-state index contributed by atoms with van der Waals surface area (Å²) in [5.41, 5.74) is 0. The summed E-state index contributed by atoms with van der Waals surface area (Å²) < 4.78 is 62.4. The first kappa shape index (κ1) is 27.5. The lowest BCUT2D eigenvalue weighted by molar-refractivity contribution is -0.128. The summed E-state index contributed by atoms with van der Waals surface area (Å²) in [5, 5.41) is 1.68. The average molecular weight is 564 g/mol. The third kappa shape index (κ3) is 5.23. The lowest BCUT2D eigenvalue weighted by Crippen LogP contribution is -2.44. The van der Waals surface area contributed by atoms with Crippen LogP contribution in [0, 0.1) is 5.92 Å². The molecule has 0 N–H and O–H groups in total. The molecular formula is C27H37N3O6S2. The Balaban J connectivity index is 1.35. The van der Waals surface area contributed by atoms with Crippen molar-refractivity contribution in [3.63, 3.8) is 0 Å². The number of morpholine rings is 1. The van der Waals surface area contributed by atoms with Crippen molar-refractivity contribution < 1.29 is 26.4 Å². The second kappa shape index (κ2) is 11.2. The van der Waals surface area contributed by atoms with Crippen LogP contribution in [0.1, 0.15) is 39.0 Å². The van der Waals surface area contributed by atoms with Gasteiger partial charge in [0.1, 0.15) is 0 Å². The largest absolute Gasteiger partial charge is 0.379 e. The Morgan fingerprint density at radius 3 is 2.42 bits per heavy atom. The zero-order chi connectivity index (χ0) is 26.9. The van der Waals surface area contributed by atoms with Gasteiger partial charge < -0.3 is 4.74 Å². The first-order valence-corrected chi connectivity index (χ1v) is 16.7. The van der Waals surface area contributed by atoms with E-state index in [1.807, 2.05) is 31.2 Å². The summed E-state index contributed by atoms with van der Waals surface area (Å²) >= 11 is 0. The maximum absolute atomic E-state index is 13.8. The van der Waals surface area contributed by atoms with Crippen LogP contribution in [0.5, 0.6) is 0 Å². The Morgan fingerprint density at radius 2 is 1.68 bits per heavy atom. The number of nitrogens with zero attached hydrogens (tertiary/aromatic N) is 3. The predicted molar refractivity (Wildman–Crippen MR) is 146 cm³/mol. The molecule has 0 unspecified atom stereocenters. The number of ether oxygens (including phenoxy) is 1. The van der Waals surface area contributed by atoms with E-state index in [0.717, 1.165) is 41.1 Å². The predicted octanol–water partition coefficient (Wildman–Crippen LogP) is 2.67. The molecule has 0 bridgehead atoms. The highest BCUT2D eigenvalue weighted by Crippen LogP contribution is 2.43. The van der Waals surface area contributed by atoms with E-state index in [9.17, 15) is 21.6 Å². The minimum atomic E-state index is -4.14. The zero-order valence-corrected chi connectivity index (χ0v) is 23.5. The lowest BCUT2D eigenvalue weighted by atomic mass is 9.95. The molecule has 3 saturated heterocycles. The minimum absolute atomic E-state index is 0.00498. The number of unbranched alkanes of at least 4 members (excludes halogenated alkanes) is 1. The monoisotopic (exact) mass is 563 g/mol. The zero-order valence-electron chi connectivity index (χ0n) is 21.9. The van der Waals surface area contributed by atoms with Crippen molar-refractivity contribution in [2.75, 3.05) is 45.1 Å². The quantitative estimate of drug-likeness (QED) is 0.410. The van der Waals surface area contributed by atoms with E-state index in [4.69, 9.17) is 4.74 Å². The Hall–Kier alpha value is -2.05. The van der Waals surface area contributed by atoms with Crippen LogP contribution < -0.4 is 0 Å². The number of fused-ring (bicyclic) bond motifs is 2. The summed E-state index contributed by atoms with van der Waals surface area (Å²) in [5.74, 6) is -1.14. The second-order valence-corrected chi connectivity index (χ2v) is 14.3. The van der Waals surface area contributed by atoms with Crippen molar-refractivity contribution in [1.29, 1.82) is 0 Å². The van der Waals surface area contributed by atoms with Crippen LogP contribution >= 0.6 is 0 Å². The van der Waals surface area contributed by atoms with Crippen molar-refractivity contribution in [2.45, 2.75) is 56.0 Å². The van der Waals surface area contributed by atoms with Crippen LogP contribution in [-0.4, -0.2) is 93.5 Å². The molecule has 2 aromatic carbocycles. The number of hydrogen-bond acceptors (Lipinski definition) is 7.